The lowest BCUT2D eigenvalue weighted by molar-refractivity contribution is -0.144. The van der Waals surface area contributed by atoms with E-state index in [1.54, 1.807) is 0 Å². The van der Waals surface area contributed by atoms with Gasteiger partial charge in [-0.25, -0.2) is 0 Å². The van der Waals surface area contributed by atoms with Crippen LogP contribution in [0.25, 0.3) is 0 Å². The van der Waals surface area contributed by atoms with Gasteiger partial charge >= 0.3 is 17.9 Å². The van der Waals surface area contributed by atoms with Crippen LogP contribution < -0.4 is 11.1 Å². The molecule has 9 heteroatoms. The van der Waals surface area contributed by atoms with Crippen LogP contribution in [-0.4, -0.2) is 63.1 Å². The van der Waals surface area contributed by atoms with Crippen LogP contribution in [0.5, 0.6) is 0 Å². The second kappa shape index (κ2) is 7.67. The number of nitrogens with two attached hydrogens (primary N) is 1. The SMILES string of the molecule is NC(CCO)C(CC(=O)O)(CC(=O)O)NCC(=O)O. The van der Waals surface area contributed by atoms with Gasteiger partial charge in [-0.05, 0) is 6.42 Å². The Labute approximate surface area is 109 Å². The van der Waals surface area contributed by atoms with E-state index in [1.807, 2.05) is 0 Å². The molecule has 0 heterocycles. The van der Waals surface area contributed by atoms with E-state index in [4.69, 9.17) is 26.2 Å². The first-order valence-electron chi connectivity index (χ1n) is 5.50. The zero-order chi connectivity index (χ0) is 15.1. The third kappa shape index (κ3) is 6.13. The van der Waals surface area contributed by atoms with Gasteiger partial charge in [0.25, 0.3) is 0 Å². The molecule has 9 nitrogen and oxygen atoms in total. The smallest absolute Gasteiger partial charge is 0.317 e. The molecule has 0 saturated heterocycles. The highest BCUT2D eigenvalue weighted by Gasteiger charge is 2.40. The Hall–Kier alpha value is -1.71. The lowest BCUT2D eigenvalue weighted by atomic mass is 9.82. The van der Waals surface area contributed by atoms with Crippen molar-refractivity contribution in [1.29, 1.82) is 0 Å². The maximum atomic E-state index is 10.9. The molecule has 0 saturated carbocycles. The molecule has 0 aromatic heterocycles. The summed E-state index contributed by atoms with van der Waals surface area (Å²) in [6.45, 7) is -0.989. The molecular formula is C10H18N2O7. The highest BCUT2D eigenvalue weighted by atomic mass is 16.4. The van der Waals surface area contributed by atoms with Crippen molar-refractivity contribution in [2.75, 3.05) is 13.2 Å². The quantitative estimate of drug-likeness (QED) is 0.266. The predicted molar refractivity (Wildman–Crippen MR) is 62.6 cm³/mol. The fourth-order valence-electron chi connectivity index (χ4n) is 1.79. The summed E-state index contributed by atoms with van der Waals surface area (Å²) in [4.78, 5) is 32.3. The number of carboxylic acid groups (broad SMARTS) is 3. The summed E-state index contributed by atoms with van der Waals surface area (Å²) in [7, 11) is 0. The second-order valence-electron chi connectivity index (χ2n) is 4.16. The van der Waals surface area contributed by atoms with Gasteiger partial charge in [-0.1, -0.05) is 0 Å². The molecule has 0 spiro atoms. The summed E-state index contributed by atoms with van der Waals surface area (Å²) in [5.74, 6) is -3.89. The lowest BCUT2D eigenvalue weighted by Gasteiger charge is -2.37. The zero-order valence-corrected chi connectivity index (χ0v) is 10.2. The van der Waals surface area contributed by atoms with Gasteiger partial charge < -0.3 is 26.2 Å². The van der Waals surface area contributed by atoms with Crippen molar-refractivity contribution in [2.24, 2.45) is 5.73 Å². The van der Waals surface area contributed by atoms with Crippen LogP contribution in [0.3, 0.4) is 0 Å². The summed E-state index contributed by atoms with van der Waals surface area (Å²) in [6.07, 6.45) is -1.37. The molecule has 0 fully saturated rings. The number of carboxylic acids is 3. The maximum Gasteiger partial charge on any atom is 0.317 e. The normalized spacial score (nSPS) is 12.9. The number of aliphatic hydroxyl groups excluding tert-OH is 1. The molecule has 0 aromatic rings. The molecular weight excluding hydrogens is 260 g/mol. The number of aliphatic hydroxyl groups is 1. The van der Waals surface area contributed by atoms with Crippen molar-refractivity contribution in [3.8, 4) is 0 Å². The molecule has 0 rings (SSSR count). The molecule has 1 atom stereocenters. The van der Waals surface area contributed by atoms with Crippen molar-refractivity contribution in [3.63, 3.8) is 0 Å². The molecule has 110 valence electrons. The summed E-state index contributed by atoms with van der Waals surface area (Å²) in [5.41, 5.74) is 4.08. The van der Waals surface area contributed by atoms with Gasteiger partial charge in [0.1, 0.15) is 0 Å². The third-order valence-electron chi connectivity index (χ3n) is 2.67. The molecule has 19 heavy (non-hydrogen) atoms. The maximum absolute atomic E-state index is 10.9. The van der Waals surface area contributed by atoms with Gasteiger partial charge in [-0.3, -0.25) is 19.7 Å². The van der Waals surface area contributed by atoms with Crippen LogP contribution in [0.4, 0.5) is 0 Å². The molecule has 7 N–H and O–H groups in total. The summed E-state index contributed by atoms with van der Waals surface area (Å²) < 4.78 is 0. The van der Waals surface area contributed by atoms with E-state index in [9.17, 15) is 14.4 Å². The van der Waals surface area contributed by atoms with Crippen LogP contribution in [0, 0.1) is 0 Å². The van der Waals surface area contributed by atoms with Crippen molar-refractivity contribution in [3.05, 3.63) is 0 Å². The Morgan fingerprint density at radius 3 is 1.84 bits per heavy atom. The number of nitrogens with one attached hydrogen (secondary N) is 1. The monoisotopic (exact) mass is 278 g/mol. The first kappa shape index (κ1) is 17.3. The Kier molecular flexibility index (Phi) is 6.98. The largest absolute Gasteiger partial charge is 0.481 e. The Bertz CT molecular complexity index is 329. The van der Waals surface area contributed by atoms with Gasteiger partial charge in [0, 0.05) is 12.6 Å². The van der Waals surface area contributed by atoms with E-state index in [1.165, 1.54) is 0 Å². The van der Waals surface area contributed by atoms with Crippen molar-refractivity contribution >= 4 is 17.9 Å². The van der Waals surface area contributed by atoms with E-state index < -0.39 is 48.9 Å². The number of hydrogen-bond donors (Lipinski definition) is 6. The van der Waals surface area contributed by atoms with Crippen molar-refractivity contribution < 1.29 is 34.8 Å². The Balaban J connectivity index is 5.21. The van der Waals surface area contributed by atoms with Gasteiger partial charge in [0.2, 0.25) is 0 Å². The summed E-state index contributed by atoms with van der Waals surface area (Å²) in [6, 6.07) is -1.01. The summed E-state index contributed by atoms with van der Waals surface area (Å²) in [5, 5.41) is 37.5. The molecule has 0 amide bonds. The predicted octanol–water partition coefficient (Wildman–Crippen LogP) is -1.94. The molecule has 1 unspecified atom stereocenters. The molecule has 0 aliphatic carbocycles. The van der Waals surface area contributed by atoms with E-state index in [2.05, 4.69) is 5.32 Å². The van der Waals surface area contributed by atoms with Crippen molar-refractivity contribution in [1.82, 2.24) is 5.32 Å². The lowest BCUT2D eigenvalue weighted by Crippen LogP contribution is -2.61. The molecule has 0 aliphatic rings. The Morgan fingerprint density at radius 1 is 1.05 bits per heavy atom. The van der Waals surface area contributed by atoms with Crippen LogP contribution in [-0.2, 0) is 14.4 Å². The van der Waals surface area contributed by atoms with Crippen LogP contribution in [0.2, 0.25) is 0 Å². The number of carbonyl (C=O) groups is 3. The first-order chi connectivity index (χ1) is 8.73. The molecule has 0 radical (unpaired) electrons. The van der Waals surface area contributed by atoms with Gasteiger partial charge in [0.05, 0.1) is 24.9 Å². The fourth-order valence-corrected chi connectivity index (χ4v) is 1.79. The minimum Gasteiger partial charge on any atom is -0.481 e. The minimum atomic E-state index is -1.63. The van der Waals surface area contributed by atoms with E-state index >= 15 is 0 Å². The zero-order valence-electron chi connectivity index (χ0n) is 10.2. The average molecular weight is 278 g/mol. The van der Waals surface area contributed by atoms with Gasteiger partial charge in [-0.15, -0.1) is 0 Å². The Morgan fingerprint density at radius 2 is 1.53 bits per heavy atom. The van der Waals surface area contributed by atoms with Crippen LogP contribution in [0.15, 0.2) is 0 Å². The molecule has 0 bridgehead atoms. The summed E-state index contributed by atoms with van der Waals surface area (Å²) >= 11 is 0. The van der Waals surface area contributed by atoms with Crippen LogP contribution in [0.1, 0.15) is 19.3 Å². The standard InChI is InChI=1S/C10H18N2O7/c11-6(1-2-13)10(3-7(14)15,4-8(16)17)12-5-9(18)19/h6,12-13H,1-5,11H2,(H,14,15)(H,16,17)(H,18,19). The minimum absolute atomic E-state index is 0.0484. The first-order valence-corrected chi connectivity index (χ1v) is 5.50. The van der Waals surface area contributed by atoms with E-state index in [0.717, 1.165) is 0 Å². The van der Waals surface area contributed by atoms with Crippen LogP contribution >= 0.6 is 0 Å². The molecule has 0 aromatic carbocycles. The van der Waals surface area contributed by atoms with Crippen molar-refractivity contribution in [2.45, 2.75) is 30.8 Å². The highest BCUT2D eigenvalue weighted by Crippen LogP contribution is 2.21. The number of aliphatic carboxylic acids is 3. The number of rotatable bonds is 10. The third-order valence-corrected chi connectivity index (χ3v) is 2.67. The average Bonchev–Trinajstić information content (AvgIpc) is 2.24. The van der Waals surface area contributed by atoms with E-state index in [-0.39, 0.29) is 13.0 Å². The second-order valence-corrected chi connectivity index (χ2v) is 4.16. The number of hydrogen-bond acceptors (Lipinski definition) is 6. The molecule has 0 aliphatic heterocycles. The highest BCUT2D eigenvalue weighted by molar-refractivity contribution is 5.74. The van der Waals surface area contributed by atoms with Gasteiger partial charge in [-0.2, -0.15) is 0 Å². The fraction of sp³-hybridized carbons (Fsp3) is 0.700. The van der Waals surface area contributed by atoms with E-state index in [0.29, 0.717) is 0 Å². The topological polar surface area (TPSA) is 170 Å². The van der Waals surface area contributed by atoms with Gasteiger partial charge in [0.15, 0.2) is 0 Å².